The van der Waals surface area contributed by atoms with Gasteiger partial charge in [-0.25, -0.2) is 9.97 Å². The summed E-state index contributed by atoms with van der Waals surface area (Å²) in [5, 5.41) is 11.5. The SMILES string of the molecule is N#CC1CCN(c2nccc(-c3ccc4ccccc4c3)n2)CC1. The van der Waals surface area contributed by atoms with E-state index in [0.717, 1.165) is 43.1 Å². The van der Waals surface area contributed by atoms with E-state index in [1.807, 2.05) is 12.3 Å². The van der Waals surface area contributed by atoms with Gasteiger partial charge in [0.25, 0.3) is 0 Å². The lowest BCUT2D eigenvalue weighted by molar-refractivity contribution is 0.482. The van der Waals surface area contributed by atoms with Crippen LogP contribution in [0.15, 0.2) is 54.7 Å². The molecule has 0 N–H and O–H groups in total. The summed E-state index contributed by atoms with van der Waals surface area (Å²) >= 11 is 0. The molecular formula is C20H18N4. The van der Waals surface area contributed by atoms with E-state index in [1.54, 1.807) is 0 Å². The van der Waals surface area contributed by atoms with Gasteiger partial charge < -0.3 is 4.90 Å². The molecule has 3 aromatic rings. The van der Waals surface area contributed by atoms with Crippen molar-refractivity contribution in [3.63, 3.8) is 0 Å². The second-order valence-corrected chi connectivity index (χ2v) is 6.19. The molecule has 24 heavy (non-hydrogen) atoms. The maximum absolute atomic E-state index is 9.03. The summed E-state index contributed by atoms with van der Waals surface area (Å²) in [6.45, 7) is 1.69. The van der Waals surface area contributed by atoms with Crippen molar-refractivity contribution < 1.29 is 0 Å². The number of benzene rings is 2. The Balaban J connectivity index is 1.63. The summed E-state index contributed by atoms with van der Waals surface area (Å²) in [6, 6.07) is 19.1. The Morgan fingerprint density at radius 3 is 2.58 bits per heavy atom. The third kappa shape index (κ3) is 2.81. The minimum atomic E-state index is 0.171. The highest BCUT2D eigenvalue weighted by atomic mass is 15.2. The number of anilines is 1. The molecule has 118 valence electrons. The topological polar surface area (TPSA) is 52.8 Å². The van der Waals surface area contributed by atoms with Crippen LogP contribution in [0, 0.1) is 17.2 Å². The lowest BCUT2D eigenvalue weighted by Crippen LogP contribution is -2.34. The summed E-state index contributed by atoms with van der Waals surface area (Å²) in [5.74, 6) is 0.932. The Kier molecular flexibility index (Phi) is 3.84. The molecule has 0 bridgehead atoms. The Morgan fingerprint density at radius 1 is 1.00 bits per heavy atom. The standard InChI is InChI=1S/C20H18N4/c21-14-15-8-11-24(12-9-15)20-22-10-7-19(23-20)18-6-5-16-3-1-2-4-17(16)13-18/h1-7,10,13,15H,8-9,11-12H2. The number of nitrogens with zero attached hydrogens (tertiary/aromatic N) is 4. The molecule has 0 atom stereocenters. The molecule has 1 saturated heterocycles. The van der Waals surface area contributed by atoms with Gasteiger partial charge in [0.1, 0.15) is 0 Å². The van der Waals surface area contributed by atoms with Gasteiger partial charge in [0.05, 0.1) is 11.8 Å². The van der Waals surface area contributed by atoms with E-state index in [0.29, 0.717) is 0 Å². The van der Waals surface area contributed by atoms with Crippen molar-refractivity contribution in [2.45, 2.75) is 12.8 Å². The first kappa shape index (κ1) is 14.6. The molecule has 4 rings (SSSR count). The highest BCUT2D eigenvalue weighted by Gasteiger charge is 2.20. The van der Waals surface area contributed by atoms with Gasteiger partial charge in [-0.1, -0.05) is 36.4 Å². The van der Waals surface area contributed by atoms with Crippen molar-refractivity contribution in [1.29, 1.82) is 5.26 Å². The van der Waals surface area contributed by atoms with Gasteiger partial charge >= 0.3 is 0 Å². The van der Waals surface area contributed by atoms with E-state index in [-0.39, 0.29) is 5.92 Å². The minimum absolute atomic E-state index is 0.171. The normalized spacial score (nSPS) is 15.4. The van der Waals surface area contributed by atoms with Crippen molar-refractivity contribution in [2.24, 2.45) is 5.92 Å². The number of aromatic nitrogens is 2. The van der Waals surface area contributed by atoms with Crippen LogP contribution in [0.4, 0.5) is 5.95 Å². The number of hydrogen-bond donors (Lipinski definition) is 0. The second-order valence-electron chi connectivity index (χ2n) is 6.19. The molecule has 0 amide bonds. The van der Waals surface area contributed by atoms with Crippen LogP contribution >= 0.6 is 0 Å². The van der Waals surface area contributed by atoms with Crippen LogP contribution in [0.25, 0.3) is 22.0 Å². The highest BCUT2D eigenvalue weighted by Crippen LogP contribution is 2.25. The van der Waals surface area contributed by atoms with Crippen molar-refractivity contribution in [2.75, 3.05) is 18.0 Å². The Hall–Kier alpha value is -2.93. The smallest absolute Gasteiger partial charge is 0.225 e. The van der Waals surface area contributed by atoms with Gasteiger partial charge in [0.15, 0.2) is 0 Å². The third-order valence-electron chi connectivity index (χ3n) is 4.65. The molecule has 0 aliphatic carbocycles. The fourth-order valence-electron chi connectivity index (χ4n) is 3.22. The van der Waals surface area contributed by atoms with Crippen LogP contribution in [0.3, 0.4) is 0 Å². The molecule has 0 spiro atoms. The number of piperidine rings is 1. The zero-order valence-corrected chi connectivity index (χ0v) is 13.4. The zero-order chi connectivity index (χ0) is 16.4. The summed E-state index contributed by atoms with van der Waals surface area (Å²) < 4.78 is 0. The second kappa shape index (κ2) is 6.29. The largest absolute Gasteiger partial charge is 0.341 e. The average molecular weight is 314 g/mol. The quantitative estimate of drug-likeness (QED) is 0.716. The number of hydrogen-bond acceptors (Lipinski definition) is 4. The highest BCUT2D eigenvalue weighted by molar-refractivity contribution is 5.86. The molecule has 2 heterocycles. The summed E-state index contributed by atoms with van der Waals surface area (Å²) in [7, 11) is 0. The molecule has 4 nitrogen and oxygen atoms in total. The molecule has 1 aliphatic heterocycles. The molecule has 1 fully saturated rings. The van der Waals surface area contributed by atoms with Gasteiger partial charge in [-0.05, 0) is 35.7 Å². The van der Waals surface area contributed by atoms with Crippen LogP contribution in [0.5, 0.6) is 0 Å². The number of nitriles is 1. The first-order valence-electron chi connectivity index (χ1n) is 8.30. The van der Waals surface area contributed by atoms with Gasteiger partial charge in [-0.15, -0.1) is 0 Å². The maximum atomic E-state index is 9.03. The van der Waals surface area contributed by atoms with E-state index < -0.39 is 0 Å². The Labute approximate surface area is 141 Å². The van der Waals surface area contributed by atoms with Crippen molar-refractivity contribution >= 4 is 16.7 Å². The minimum Gasteiger partial charge on any atom is -0.341 e. The van der Waals surface area contributed by atoms with E-state index in [4.69, 9.17) is 10.2 Å². The van der Waals surface area contributed by atoms with Crippen LogP contribution in [-0.2, 0) is 0 Å². The van der Waals surface area contributed by atoms with Crippen LogP contribution in [-0.4, -0.2) is 23.1 Å². The fourth-order valence-corrected chi connectivity index (χ4v) is 3.22. The maximum Gasteiger partial charge on any atom is 0.225 e. The summed E-state index contributed by atoms with van der Waals surface area (Å²) in [4.78, 5) is 11.4. The van der Waals surface area contributed by atoms with E-state index in [1.165, 1.54) is 10.8 Å². The molecular weight excluding hydrogens is 296 g/mol. The van der Waals surface area contributed by atoms with Gasteiger partial charge in [-0.2, -0.15) is 5.26 Å². The fraction of sp³-hybridized carbons (Fsp3) is 0.250. The predicted molar refractivity (Wildman–Crippen MR) is 95.5 cm³/mol. The zero-order valence-electron chi connectivity index (χ0n) is 13.4. The predicted octanol–water partition coefficient (Wildman–Crippen LogP) is 4.04. The van der Waals surface area contributed by atoms with E-state index >= 15 is 0 Å². The van der Waals surface area contributed by atoms with E-state index in [2.05, 4.69) is 58.4 Å². The van der Waals surface area contributed by atoms with E-state index in [9.17, 15) is 0 Å². The van der Waals surface area contributed by atoms with Gasteiger partial charge in [0, 0.05) is 30.8 Å². The van der Waals surface area contributed by atoms with Gasteiger partial charge in [-0.3, -0.25) is 0 Å². The molecule has 2 aromatic carbocycles. The molecule has 4 heteroatoms. The molecule has 1 aromatic heterocycles. The molecule has 0 saturated carbocycles. The Morgan fingerprint density at radius 2 is 1.79 bits per heavy atom. The third-order valence-corrected chi connectivity index (χ3v) is 4.65. The Bertz CT molecular complexity index is 905. The van der Waals surface area contributed by atoms with Crippen LogP contribution in [0.2, 0.25) is 0 Å². The first-order chi connectivity index (χ1) is 11.8. The number of rotatable bonds is 2. The average Bonchev–Trinajstić information content (AvgIpc) is 2.68. The number of fused-ring (bicyclic) bond motifs is 1. The first-order valence-corrected chi connectivity index (χ1v) is 8.30. The summed E-state index contributed by atoms with van der Waals surface area (Å²) in [5.41, 5.74) is 2.04. The molecule has 0 radical (unpaired) electrons. The summed E-state index contributed by atoms with van der Waals surface area (Å²) in [6.07, 6.45) is 3.60. The lowest BCUT2D eigenvalue weighted by atomic mass is 9.99. The van der Waals surface area contributed by atoms with Crippen LogP contribution in [0.1, 0.15) is 12.8 Å². The van der Waals surface area contributed by atoms with Crippen molar-refractivity contribution in [3.8, 4) is 17.3 Å². The molecule has 0 unspecified atom stereocenters. The van der Waals surface area contributed by atoms with Crippen molar-refractivity contribution in [1.82, 2.24) is 9.97 Å². The molecule has 1 aliphatic rings. The monoisotopic (exact) mass is 314 g/mol. The van der Waals surface area contributed by atoms with Gasteiger partial charge in [0.2, 0.25) is 5.95 Å². The van der Waals surface area contributed by atoms with Crippen LogP contribution < -0.4 is 4.90 Å². The van der Waals surface area contributed by atoms with Crippen molar-refractivity contribution in [3.05, 3.63) is 54.7 Å². The lowest BCUT2D eigenvalue weighted by Gasteiger charge is -2.29.